The third-order valence-electron chi connectivity index (χ3n) is 0.971. The van der Waals surface area contributed by atoms with Gasteiger partial charge in [0.05, 0.1) is 4.88 Å². The fraction of sp³-hybridized carbons (Fsp3) is 0. The Hall–Kier alpha value is -0.475. The molecule has 0 amide bonds. The molecule has 0 aliphatic rings. The first-order chi connectivity index (χ1) is 4.75. The van der Waals surface area contributed by atoms with Crippen LogP contribution in [0.4, 0.5) is 0 Å². The van der Waals surface area contributed by atoms with Gasteiger partial charge in [0.15, 0.2) is 5.17 Å². The number of halogens is 1. The SMILES string of the molecule is [B]c1ccsc1/C(Cl)=N/O. The molecule has 0 unspecified atom stereocenters. The van der Waals surface area contributed by atoms with Gasteiger partial charge in [-0.1, -0.05) is 28.3 Å². The van der Waals surface area contributed by atoms with Crippen LogP contribution in [0.1, 0.15) is 4.88 Å². The van der Waals surface area contributed by atoms with Crippen molar-refractivity contribution in [3.63, 3.8) is 0 Å². The van der Waals surface area contributed by atoms with Gasteiger partial charge in [0.25, 0.3) is 0 Å². The lowest BCUT2D eigenvalue weighted by molar-refractivity contribution is 0.321. The maximum absolute atomic E-state index is 8.24. The van der Waals surface area contributed by atoms with Crippen LogP contribution in [0.3, 0.4) is 0 Å². The van der Waals surface area contributed by atoms with Crippen LogP contribution in [0, 0.1) is 0 Å². The summed E-state index contributed by atoms with van der Waals surface area (Å²) < 4.78 is 0. The van der Waals surface area contributed by atoms with E-state index in [4.69, 9.17) is 24.7 Å². The number of hydrogen-bond acceptors (Lipinski definition) is 3. The molecule has 0 saturated carbocycles. The average Bonchev–Trinajstić information content (AvgIpc) is 2.34. The lowest BCUT2D eigenvalue weighted by atomic mass is 9.98. The van der Waals surface area contributed by atoms with Gasteiger partial charge >= 0.3 is 0 Å². The van der Waals surface area contributed by atoms with E-state index in [2.05, 4.69) is 5.16 Å². The van der Waals surface area contributed by atoms with E-state index in [1.165, 1.54) is 11.3 Å². The molecular weight excluding hydrogens is 168 g/mol. The Labute approximate surface area is 68.5 Å². The molecule has 1 aromatic heterocycles. The van der Waals surface area contributed by atoms with Gasteiger partial charge in [-0.05, 0) is 5.38 Å². The third-order valence-corrected chi connectivity index (χ3v) is 2.28. The van der Waals surface area contributed by atoms with E-state index in [-0.39, 0.29) is 5.17 Å². The van der Waals surface area contributed by atoms with Crippen LogP contribution in [0.15, 0.2) is 16.6 Å². The van der Waals surface area contributed by atoms with Gasteiger partial charge in [-0.2, -0.15) is 0 Å². The second-order valence-corrected chi connectivity index (χ2v) is 2.87. The highest BCUT2D eigenvalue weighted by Crippen LogP contribution is 2.08. The van der Waals surface area contributed by atoms with E-state index in [0.717, 1.165) is 0 Å². The minimum absolute atomic E-state index is 0.0347. The van der Waals surface area contributed by atoms with Crippen LogP contribution in [-0.4, -0.2) is 18.2 Å². The van der Waals surface area contributed by atoms with Gasteiger partial charge in [-0.25, -0.2) is 0 Å². The number of nitrogens with zero attached hydrogens (tertiary/aromatic N) is 1. The lowest BCUT2D eigenvalue weighted by Gasteiger charge is -1.90. The molecule has 10 heavy (non-hydrogen) atoms. The van der Waals surface area contributed by atoms with Gasteiger partial charge in [-0.15, -0.1) is 11.3 Å². The first-order valence-electron chi connectivity index (χ1n) is 2.46. The zero-order valence-corrected chi connectivity index (χ0v) is 6.49. The highest BCUT2D eigenvalue weighted by atomic mass is 35.5. The smallest absolute Gasteiger partial charge is 0.184 e. The van der Waals surface area contributed by atoms with Crippen molar-refractivity contribution in [1.82, 2.24) is 0 Å². The van der Waals surface area contributed by atoms with Crippen molar-refractivity contribution in [3.05, 3.63) is 16.3 Å². The normalized spacial score (nSPS) is 11.9. The molecule has 0 aromatic carbocycles. The maximum atomic E-state index is 8.24. The Kier molecular flexibility index (Phi) is 2.35. The summed E-state index contributed by atoms with van der Waals surface area (Å²) in [6.07, 6.45) is 0. The van der Waals surface area contributed by atoms with Gasteiger partial charge in [0, 0.05) is 0 Å². The highest BCUT2D eigenvalue weighted by Gasteiger charge is 2.03. The minimum Gasteiger partial charge on any atom is -0.410 e. The molecule has 5 heteroatoms. The van der Waals surface area contributed by atoms with Crippen molar-refractivity contribution < 1.29 is 5.21 Å². The lowest BCUT2D eigenvalue weighted by Crippen LogP contribution is -2.07. The zero-order chi connectivity index (χ0) is 7.56. The van der Waals surface area contributed by atoms with Crippen molar-refractivity contribution in [2.75, 3.05) is 0 Å². The molecule has 0 aliphatic heterocycles. The topological polar surface area (TPSA) is 32.6 Å². The van der Waals surface area contributed by atoms with Gasteiger partial charge < -0.3 is 5.21 Å². The fourth-order valence-electron chi connectivity index (χ4n) is 0.532. The Balaban J connectivity index is 3.05. The van der Waals surface area contributed by atoms with Crippen LogP contribution in [0.2, 0.25) is 0 Å². The quantitative estimate of drug-likeness (QED) is 0.290. The predicted octanol–water partition coefficient (Wildman–Crippen LogP) is 0.917. The minimum atomic E-state index is 0.0347. The molecule has 0 saturated heterocycles. The molecule has 0 aliphatic carbocycles. The van der Waals surface area contributed by atoms with E-state index >= 15 is 0 Å². The van der Waals surface area contributed by atoms with Gasteiger partial charge in [-0.3, -0.25) is 0 Å². The second-order valence-electron chi connectivity index (χ2n) is 1.60. The summed E-state index contributed by atoms with van der Waals surface area (Å²) >= 11 is 6.80. The molecule has 0 bridgehead atoms. The monoisotopic (exact) mass is 171 g/mol. The number of hydrogen-bond donors (Lipinski definition) is 1. The Morgan fingerprint density at radius 2 is 2.50 bits per heavy atom. The number of rotatable bonds is 1. The maximum Gasteiger partial charge on any atom is 0.184 e. The van der Waals surface area contributed by atoms with E-state index < -0.39 is 0 Å². The van der Waals surface area contributed by atoms with E-state index in [1.54, 1.807) is 11.4 Å². The Morgan fingerprint density at radius 1 is 1.80 bits per heavy atom. The van der Waals surface area contributed by atoms with Crippen molar-refractivity contribution in [1.29, 1.82) is 0 Å². The van der Waals surface area contributed by atoms with E-state index in [0.29, 0.717) is 10.3 Å². The molecule has 0 spiro atoms. The largest absolute Gasteiger partial charge is 0.410 e. The Bertz CT molecular complexity index is 260. The van der Waals surface area contributed by atoms with Crippen LogP contribution in [0.5, 0.6) is 0 Å². The summed E-state index contributed by atoms with van der Waals surface area (Å²) in [6.45, 7) is 0. The molecule has 2 nitrogen and oxygen atoms in total. The van der Waals surface area contributed by atoms with Crippen molar-refractivity contribution in [3.8, 4) is 0 Å². The number of thiophene rings is 1. The Morgan fingerprint density at radius 3 is 2.90 bits per heavy atom. The predicted molar refractivity (Wildman–Crippen MR) is 43.9 cm³/mol. The molecule has 1 rings (SSSR count). The summed E-state index contributed by atoms with van der Waals surface area (Å²) in [7, 11) is 5.45. The second kappa shape index (κ2) is 3.08. The molecule has 0 atom stereocenters. The van der Waals surface area contributed by atoms with Crippen LogP contribution in [-0.2, 0) is 0 Å². The summed E-state index contributed by atoms with van der Waals surface area (Å²) in [5.41, 5.74) is 0.535. The third kappa shape index (κ3) is 1.33. The number of oxime groups is 1. The summed E-state index contributed by atoms with van der Waals surface area (Å²) in [5, 5.41) is 12.9. The first-order valence-corrected chi connectivity index (χ1v) is 3.72. The van der Waals surface area contributed by atoms with Crippen molar-refractivity contribution in [2.45, 2.75) is 0 Å². The molecule has 50 valence electrons. The molecule has 1 heterocycles. The molecular formula is C5H3BClNOS. The zero-order valence-electron chi connectivity index (χ0n) is 4.91. The first kappa shape index (κ1) is 7.63. The highest BCUT2D eigenvalue weighted by molar-refractivity contribution is 7.15. The molecule has 1 N–H and O–H groups in total. The van der Waals surface area contributed by atoms with Crippen LogP contribution >= 0.6 is 22.9 Å². The molecule has 2 radical (unpaired) electrons. The molecule has 1 aromatic rings. The van der Waals surface area contributed by atoms with Gasteiger partial charge in [0.1, 0.15) is 7.85 Å². The van der Waals surface area contributed by atoms with Crippen molar-refractivity contribution in [2.24, 2.45) is 5.16 Å². The van der Waals surface area contributed by atoms with Gasteiger partial charge in [0.2, 0.25) is 0 Å². The van der Waals surface area contributed by atoms with E-state index in [9.17, 15) is 0 Å². The standard InChI is InChI=1S/C5H3BClNOS/c6-3-1-2-10-4(3)5(7)8-9/h1-2,9H/b8-5-. The van der Waals surface area contributed by atoms with Crippen LogP contribution < -0.4 is 5.46 Å². The summed E-state index contributed by atoms with van der Waals surface area (Å²) in [5.74, 6) is 0. The van der Waals surface area contributed by atoms with Crippen molar-refractivity contribution >= 4 is 41.4 Å². The molecule has 0 fully saturated rings. The van der Waals surface area contributed by atoms with E-state index in [1.807, 2.05) is 0 Å². The average molecular weight is 171 g/mol. The van der Waals surface area contributed by atoms with Crippen LogP contribution in [0.25, 0.3) is 0 Å². The fourth-order valence-corrected chi connectivity index (χ4v) is 1.47. The summed E-state index contributed by atoms with van der Waals surface area (Å²) in [6, 6.07) is 1.70. The summed E-state index contributed by atoms with van der Waals surface area (Å²) in [4.78, 5) is 0.601.